The van der Waals surface area contributed by atoms with Gasteiger partial charge in [-0.25, -0.2) is 0 Å². The van der Waals surface area contributed by atoms with Crippen molar-refractivity contribution in [1.82, 2.24) is 15.1 Å². The summed E-state index contributed by atoms with van der Waals surface area (Å²) in [5.41, 5.74) is 0. The van der Waals surface area contributed by atoms with Crippen LogP contribution in [0.25, 0.3) is 0 Å². The third-order valence-corrected chi connectivity index (χ3v) is 4.15. The van der Waals surface area contributed by atoms with Crippen molar-refractivity contribution >= 4 is 5.91 Å². The second-order valence-electron chi connectivity index (χ2n) is 5.48. The molecule has 16 heavy (non-hydrogen) atoms. The average molecular weight is 223 g/mol. The van der Waals surface area contributed by atoms with E-state index >= 15 is 0 Å². The van der Waals surface area contributed by atoms with Crippen LogP contribution < -0.4 is 5.32 Å². The fourth-order valence-electron chi connectivity index (χ4n) is 2.96. The Hall–Kier alpha value is -0.610. The standard InChI is InChI=1S/C12H21N3O/c1-14-6-5-11(12(14)16)13-9-4-7-15(8-9)10-2-3-10/h9-11,13H,2-8H2,1H3. The van der Waals surface area contributed by atoms with Gasteiger partial charge in [0.2, 0.25) is 5.91 Å². The number of amides is 1. The molecule has 2 unspecified atom stereocenters. The van der Waals surface area contributed by atoms with Crippen LogP contribution in [0.4, 0.5) is 0 Å². The van der Waals surface area contributed by atoms with Gasteiger partial charge in [-0.15, -0.1) is 0 Å². The fourth-order valence-corrected chi connectivity index (χ4v) is 2.96. The molecule has 3 fully saturated rings. The summed E-state index contributed by atoms with van der Waals surface area (Å²) in [5, 5.41) is 3.54. The number of carbonyl (C=O) groups excluding carboxylic acids is 1. The van der Waals surface area contributed by atoms with Crippen molar-refractivity contribution in [3.05, 3.63) is 0 Å². The Balaban J connectivity index is 1.50. The van der Waals surface area contributed by atoms with Crippen LogP contribution in [0.1, 0.15) is 25.7 Å². The van der Waals surface area contributed by atoms with Crippen LogP contribution in [0, 0.1) is 0 Å². The number of nitrogens with one attached hydrogen (secondary N) is 1. The van der Waals surface area contributed by atoms with E-state index < -0.39 is 0 Å². The van der Waals surface area contributed by atoms with Gasteiger partial charge in [-0.05, 0) is 25.7 Å². The van der Waals surface area contributed by atoms with Gasteiger partial charge in [-0.2, -0.15) is 0 Å². The van der Waals surface area contributed by atoms with Crippen LogP contribution in [-0.4, -0.2) is 60.5 Å². The zero-order valence-corrected chi connectivity index (χ0v) is 9.98. The first-order valence-electron chi connectivity index (χ1n) is 6.49. The van der Waals surface area contributed by atoms with Gasteiger partial charge in [0.05, 0.1) is 6.04 Å². The van der Waals surface area contributed by atoms with E-state index in [1.165, 1.54) is 25.8 Å². The van der Waals surface area contributed by atoms with Gasteiger partial charge in [0.15, 0.2) is 0 Å². The Kier molecular flexibility index (Phi) is 2.64. The average Bonchev–Trinajstić information content (AvgIpc) is 2.96. The zero-order valence-electron chi connectivity index (χ0n) is 9.98. The molecule has 3 rings (SSSR count). The maximum Gasteiger partial charge on any atom is 0.239 e. The van der Waals surface area contributed by atoms with Crippen LogP contribution in [0.15, 0.2) is 0 Å². The molecule has 2 aliphatic heterocycles. The van der Waals surface area contributed by atoms with Crippen LogP contribution >= 0.6 is 0 Å². The SMILES string of the molecule is CN1CCC(NC2CCN(C3CC3)C2)C1=O. The van der Waals surface area contributed by atoms with Crippen molar-refractivity contribution in [3.8, 4) is 0 Å². The van der Waals surface area contributed by atoms with Gasteiger partial charge in [0.25, 0.3) is 0 Å². The molecule has 0 aromatic heterocycles. The molecule has 1 aliphatic carbocycles. The lowest BCUT2D eigenvalue weighted by molar-refractivity contribution is -0.128. The lowest BCUT2D eigenvalue weighted by atomic mass is 10.2. The molecular weight excluding hydrogens is 202 g/mol. The molecule has 0 aromatic rings. The summed E-state index contributed by atoms with van der Waals surface area (Å²) in [5.74, 6) is 0.282. The molecule has 1 amide bonds. The van der Waals surface area contributed by atoms with E-state index in [4.69, 9.17) is 0 Å². The molecule has 2 atom stereocenters. The van der Waals surface area contributed by atoms with Crippen LogP contribution in [0.2, 0.25) is 0 Å². The Morgan fingerprint density at radius 2 is 2.00 bits per heavy atom. The third kappa shape index (κ3) is 1.96. The number of hydrogen-bond donors (Lipinski definition) is 1. The summed E-state index contributed by atoms with van der Waals surface area (Å²) in [6, 6.07) is 1.50. The monoisotopic (exact) mass is 223 g/mol. The molecule has 1 N–H and O–H groups in total. The maximum atomic E-state index is 11.8. The summed E-state index contributed by atoms with van der Waals surface area (Å²) < 4.78 is 0. The van der Waals surface area contributed by atoms with Gasteiger partial charge < -0.3 is 10.2 Å². The Morgan fingerprint density at radius 1 is 1.19 bits per heavy atom. The molecule has 1 saturated carbocycles. The van der Waals surface area contributed by atoms with E-state index in [1.54, 1.807) is 0 Å². The second kappa shape index (κ2) is 4.00. The molecule has 2 saturated heterocycles. The molecule has 0 aromatic carbocycles. The number of likely N-dealkylation sites (tertiary alicyclic amines) is 2. The van der Waals surface area contributed by atoms with E-state index in [2.05, 4.69) is 10.2 Å². The molecule has 0 bridgehead atoms. The zero-order chi connectivity index (χ0) is 11.1. The molecule has 4 nitrogen and oxygen atoms in total. The highest BCUT2D eigenvalue weighted by Gasteiger charge is 2.37. The minimum absolute atomic E-state index is 0.0918. The topological polar surface area (TPSA) is 35.6 Å². The number of hydrogen-bond acceptors (Lipinski definition) is 3. The highest BCUT2D eigenvalue weighted by Crippen LogP contribution is 2.30. The second-order valence-corrected chi connectivity index (χ2v) is 5.48. The van der Waals surface area contributed by atoms with Crippen LogP contribution in [0.3, 0.4) is 0 Å². The van der Waals surface area contributed by atoms with Crippen molar-refractivity contribution in [2.75, 3.05) is 26.7 Å². The van der Waals surface area contributed by atoms with Crippen molar-refractivity contribution in [2.45, 2.75) is 43.8 Å². The third-order valence-electron chi connectivity index (χ3n) is 4.15. The Labute approximate surface area is 97.0 Å². The molecule has 0 radical (unpaired) electrons. The first-order valence-corrected chi connectivity index (χ1v) is 6.49. The fraction of sp³-hybridized carbons (Fsp3) is 0.917. The normalized spacial score (nSPS) is 36.3. The van der Waals surface area contributed by atoms with E-state index in [1.807, 2.05) is 11.9 Å². The van der Waals surface area contributed by atoms with Crippen molar-refractivity contribution < 1.29 is 4.79 Å². The van der Waals surface area contributed by atoms with Crippen LogP contribution in [-0.2, 0) is 4.79 Å². The summed E-state index contributed by atoms with van der Waals surface area (Å²) in [4.78, 5) is 16.2. The van der Waals surface area contributed by atoms with Crippen LogP contribution in [0.5, 0.6) is 0 Å². The highest BCUT2D eigenvalue weighted by atomic mass is 16.2. The summed E-state index contributed by atoms with van der Waals surface area (Å²) in [6.07, 6.45) is 4.97. The minimum atomic E-state index is 0.0918. The molecule has 3 aliphatic rings. The summed E-state index contributed by atoms with van der Waals surface area (Å²) in [6.45, 7) is 3.28. The number of likely N-dealkylation sites (N-methyl/N-ethyl adjacent to an activating group) is 1. The number of rotatable bonds is 3. The molecule has 2 heterocycles. The summed E-state index contributed by atoms with van der Waals surface area (Å²) >= 11 is 0. The Bertz CT molecular complexity index is 290. The smallest absolute Gasteiger partial charge is 0.239 e. The quantitative estimate of drug-likeness (QED) is 0.734. The minimum Gasteiger partial charge on any atom is -0.344 e. The van der Waals surface area contributed by atoms with E-state index in [-0.39, 0.29) is 11.9 Å². The molecule has 90 valence electrons. The van der Waals surface area contributed by atoms with Crippen molar-refractivity contribution in [3.63, 3.8) is 0 Å². The molecule has 0 spiro atoms. The van der Waals surface area contributed by atoms with Gasteiger partial charge in [-0.3, -0.25) is 9.69 Å². The van der Waals surface area contributed by atoms with Gasteiger partial charge in [0.1, 0.15) is 0 Å². The van der Waals surface area contributed by atoms with Gasteiger partial charge in [0, 0.05) is 38.8 Å². The maximum absolute atomic E-state index is 11.8. The highest BCUT2D eigenvalue weighted by molar-refractivity contribution is 5.83. The first-order chi connectivity index (χ1) is 7.74. The van der Waals surface area contributed by atoms with Crippen molar-refractivity contribution in [1.29, 1.82) is 0 Å². The predicted molar refractivity (Wildman–Crippen MR) is 62.2 cm³/mol. The van der Waals surface area contributed by atoms with Gasteiger partial charge >= 0.3 is 0 Å². The summed E-state index contributed by atoms with van der Waals surface area (Å²) in [7, 11) is 1.90. The number of carbonyl (C=O) groups is 1. The van der Waals surface area contributed by atoms with E-state index in [9.17, 15) is 4.79 Å². The lowest BCUT2D eigenvalue weighted by Crippen LogP contribution is -2.44. The van der Waals surface area contributed by atoms with Gasteiger partial charge in [-0.1, -0.05) is 0 Å². The molecule has 4 heteroatoms. The first kappa shape index (κ1) is 10.5. The Morgan fingerprint density at radius 3 is 2.62 bits per heavy atom. The van der Waals surface area contributed by atoms with E-state index in [0.29, 0.717) is 6.04 Å². The number of nitrogens with zero attached hydrogens (tertiary/aromatic N) is 2. The lowest BCUT2D eigenvalue weighted by Gasteiger charge is -2.19. The largest absolute Gasteiger partial charge is 0.344 e. The van der Waals surface area contributed by atoms with E-state index in [0.717, 1.165) is 25.6 Å². The predicted octanol–water partition coefficient (Wildman–Crippen LogP) is 0.0434. The van der Waals surface area contributed by atoms with Crippen molar-refractivity contribution in [2.24, 2.45) is 0 Å². The molecular formula is C12H21N3O.